The summed E-state index contributed by atoms with van der Waals surface area (Å²) in [5.41, 5.74) is 2.01. The number of carbonyl (C=O) groups excluding carboxylic acids is 3. The number of methoxy groups -OCH3 is 1. The summed E-state index contributed by atoms with van der Waals surface area (Å²) in [6.45, 7) is 4.15. The van der Waals surface area contributed by atoms with Gasteiger partial charge in [-0.25, -0.2) is 4.39 Å². The number of ketones is 2. The van der Waals surface area contributed by atoms with Crippen molar-refractivity contribution in [2.45, 2.75) is 38.5 Å². The van der Waals surface area contributed by atoms with E-state index in [0.717, 1.165) is 13.2 Å². The van der Waals surface area contributed by atoms with Crippen LogP contribution in [-0.4, -0.2) is 88.3 Å². The number of benzene rings is 1. The minimum atomic E-state index is -2.08. The molecular formula is C22H30AlFN3O7+. The van der Waals surface area contributed by atoms with Crippen LogP contribution >= 0.6 is 0 Å². The lowest BCUT2D eigenvalue weighted by atomic mass is 9.66. The number of aliphatic hydroxyl groups excluding tert-OH is 2. The number of anilines is 1. The maximum Gasteiger partial charge on any atom is 0.305 e. The summed E-state index contributed by atoms with van der Waals surface area (Å²) in [7, 11) is 4.45. The van der Waals surface area contributed by atoms with Gasteiger partial charge in [-0.15, -0.1) is 0 Å². The van der Waals surface area contributed by atoms with Crippen molar-refractivity contribution in [1.29, 1.82) is 0 Å². The molecule has 5 unspecified atom stereocenters. The summed E-state index contributed by atoms with van der Waals surface area (Å²) in [5.74, 6) is -7.23. The van der Waals surface area contributed by atoms with E-state index in [1.807, 2.05) is 0 Å². The molecule has 2 rings (SSSR count). The first kappa shape index (κ1) is 27.8. The molecule has 1 aromatic carbocycles. The second-order valence-electron chi connectivity index (χ2n) is 8.79. The third-order valence-electron chi connectivity index (χ3n) is 6.74. The molecule has 2 radical (unpaired) electrons. The van der Waals surface area contributed by atoms with Gasteiger partial charge < -0.3 is 35.0 Å². The lowest BCUT2D eigenvalue weighted by Gasteiger charge is -2.48. The van der Waals surface area contributed by atoms with Crippen LogP contribution in [0.25, 0.3) is 0 Å². The minimum Gasteiger partial charge on any atom is -0.508 e. The highest BCUT2D eigenvalue weighted by atomic mass is 27.1. The smallest absolute Gasteiger partial charge is 0.305 e. The Bertz CT molecular complexity index is 1060. The third-order valence-corrected chi connectivity index (χ3v) is 7.05. The van der Waals surface area contributed by atoms with Crippen LogP contribution in [-0.2, 0) is 14.3 Å². The van der Waals surface area contributed by atoms with E-state index >= 15 is 0 Å². The van der Waals surface area contributed by atoms with Crippen LogP contribution in [0.1, 0.15) is 29.8 Å². The first-order valence-corrected chi connectivity index (χ1v) is 11.1. The number of rotatable bonds is 8. The number of phenolic OH excluding ortho intramolecular Hbond substituents is 1. The predicted molar refractivity (Wildman–Crippen MR) is 121 cm³/mol. The summed E-state index contributed by atoms with van der Waals surface area (Å²) in [6.07, 6.45) is -1.82. The molecule has 0 bridgehead atoms. The van der Waals surface area contributed by atoms with Crippen LogP contribution in [0.2, 0.25) is 0 Å². The molecule has 0 aromatic heterocycles. The van der Waals surface area contributed by atoms with Crippen molar-refractivity contribution in [2.24, 2.45) is 17.6 Å². The number of phenols is 1. The molecule has 1 aliphatic carbocycles. The van der Waals surface area contributed by atoms with Gasteiger partial charge in [0.25, 0.3) is 5.91 Å². The lowest BCUT2D eigenvalue weighted by molar-refractivity contribution is -0.880. The van der Waals surface area contributed by atoms with Gasteiger partial charge in [0.05, 0.1) is 31.3 Å². The van der Waals surface area contributed by atoms with Gasteiger partial charge in [-0.1, -0.05) is 13.8 Å². The standard InChI is InChI=1S/C22H29FN3O7.Al/c1-8-11(23)7-12(24)17(28)13(8)16(27)9(2)19(30)22(33-6)10(3)15(26(4)5)18(29)14(20(22)31)21(25)32;/h7,9-10,15,19,24,30H,1-6H3,(H,27,28)(H3,25,29,31,32);/q-1;+1/p+1. The molecule has 0 heterocycles. The highest BCUT2D eigenvalue weighted by Gasteiger charge is 2.61. The van der Waals surface area contributed by atoms with E-state index in [-0.39, 0.29) is 16.8 Å². The molecule has 34 heavy (non-hydrogen) atoms. The number of aliphatic hydroxyl groups is 2. The number of nitrogens with two attached hydrogens (primary N) is 1. The van der Waals surface area contributed by atoms with Crippen molar-refractivity contribution in [3.63, 3.8) is 0 Å². The molecule has 0 saturated heterocycles. The van der Waals surface area contributed by atoms with E-state index in [0.29, 0.717) is 4.90 Å². The molecule has 0 spiro atoms. The first-order valence-electron chi connectivity index (χ1n) is 10.5. The fraction of sp³-hybridized carbons (Fsp3) is 0.500. The number of Topliss-reactive ketones (excluding diaryl/α,β-unsaturated/α-hetero) is 2. The van der Waals surface area contributed by atoms with Gasteiger partial charge in [0.15, 0.2) is 17.4 Å². The van der Waals surface area contributed by atoms with Crippen molar-refractivity contribution in [1.82, 2.24) is 0 Å². The summed E-state index contributed by atoms with van der Waals surface area (Å²) >= 11 is 2.08. The van der Waals surface area contributed by atoms with Crippen molar-refractivity contribution in [2.75, 3.05) is 25.5 Å². The predicted octanol–water partition coefficient (Wildman–Crippen LogP) is -1.07. The van der Waals surface area contributed by atoms with Crippen LogP contribution in [0.5, 0.6) is 5.75 Å². The number of primary amides is 1. The van der Waals surface area contributed by atoms with Crippen LogP contribution in [0, 0.1) is 24.6 Å². The second-order valence-corrected chi connectivity index (χ2v) is 9.08. The van der Waals surface area contributed by atoms with Crippen LogP contribution in [0.15, 0.2) is 17.4 Å². The molecule has 1 amide bonds. The third kappa shape index (κ3) is 4.10. The Kier molecular flexibility index (Phi) is 8.18. The number of halogens is 1. The molecule has 184 valence electrons. The average Bonchev–Trinajstić information content (AvgIpc) is 2.75. The number of aromatic hydroxyl groups is 1. The number of carbonyl (C=O) groups is 3. The van der Waals surface area contributed by atoms with Crippen molar-refractivity contribution in [3.05, 3.63) is 34.3 Å². The molecule has 1 aliphatic rings. The number of likely N-dealkylation sites (N-methyl/N-ethyl adjacent to an activating group) is 1. The van der Waals surface area contributed by atoms with Crippen molar-refractivity contribution < 1.29 is 43.7 Å². The molecule has 5 atom stereocenters. The maximum absolute atomic E-state index is 14.4. The first-order chi connectivity index (χ1) is 15.7. The number of ether oxygens (including phenoxy) is 1. The van der Waals surface area contributed by atoms with Gasteiger partial charge in [0.1, 0.15) is 29.0 Å². The van der Waals surface area contributed by atoms with E-state index in [1.165, 1.54) is 20.8 Å². The van der Waals surface area contributed by atoms with Gasteiger partial charge in [0.2, 0.25) is 5.78 Å². The average molecular weight is 494 g/mol. The fourth-order valence-corrected chi connectivity index (χ4v) is 5.08. The zero-order chi connectivity index (χ0) is 26.3. The van der Waals surface area contributed by atoms with Gasteiger partial charge in [0, 0.05) is 13.0 Å². The molecule has 0 saturated carbocycles. The largest absolute Gasteiger partial charge is 0.508 e. The Hall–Kier alpha value is -2.49. The van der Waals surface area contributed by atoms with E-state index < -0.39 is 70.0 Å². The van der Waals surface area contributed by atoms with E-state index in [4.69, 9.17) is 10.5 Å². The van der Waals surface area contributed by atoms with Crippen LogP contribution in [0.4, 0.5) is 10.1 Å². The van der Waals surface area contributed by atoms with Crippen LogP contribution < -0.4 is 14.9 Å². The van der Waals surface area contributed by atoms with Crippen LogP contribution in [0.3, 0.4) is 0 Å². The molecule has 0 aliphatic heterocycles. The van der Waals surface area contributed by atoms with Crippen molar-refractivity contribution in [3.8, 4) is 5.75 Å². The number of nitrogens with one attached hydrogen (secondary N) is 2. The summed E-state index contributed by atoms with van der Waals surface area (Å²) in [4.78, 5) is 39.0. The Morgan fingerprint density at radius 2 is 1.91 bits per heavy atom. The zero-order valence-electron chi connectivity index (χ0n) is 19.9. The molecule has 0 fully saturated rings. The molecule has 10 nitrogen and oxygen atoms in total. The number of amides is 1. The topological polar surface area (TPSA) is 164 Å². The SMILES string of the molecule is COC1(C(O)C(C)C(=O)c2c(C)c(F)cc([NH][Al])c2O)C(O)=C(C(N)=O)C(=O)C([NH+](C)C)C1C. The van der Waals surface area contributed by atoms with Gasteiger partial charge >= 0.3 is 16.5 Å². The van der Waals surface area contributed by atoms with Crippen molar-refractivity contribution >= 4 is 39.7 Å². The fourth-order valence-electron chi connectivity index (χ4n) is 4.86. The number of hydrogen-bond donors (Lipinski definition) is 6. The zero-order valence-corrected chi connectivity index (χ0v) is 21.0. The van der Waals surface area contributed by atoms with E-state index in [2.05, 4.69) is 20.8 Å². The lowest BCUT2D eigenvalue weighted by Crippen LogP contribution is -3.13. The Balaban J connectivity index is 2.73. The Morgan fingerprint density at radius 3 is 2.35 bits per heavy atom. The molecule has 7 N–H and O–H groups in total. The molecule has 1 aromatic rings. The quantitative estimate of drug-likeness (QED) is 0.115. The maximum atomic E-state index is 14.4. The van der Waals surface area contributed by atoms with E-state index in [9.17, 15) is 34.1 Å². The van der Waals surface area contributed by atoms with Gasteiger partial charge in [-0.3, -0.25) is 14.4 Å². The highest BCUT2D eigenvalue weighted by molar-refractivity contribution is 6.21. The Labute approximate surface area is 205 Å². The molecule has 12 heteroatoms. The van der Waals surface area contributed by atoms with E-state index in [1.54, 1.807) is 14.1 Å². The minimum absolute atomic E-state index is 0.0637. The molecular weight excluding hydrogens is 464 g/mol. The van der Waals surface area contributed by atoms with Gasteiger partial charge in [-0.05, 0) is 18.6 Å². The normalized spacial score (nSPS) is 24.8. The Morgan fingerprint density at radius 1 is 1.35 bits per heavy atom. The monoisotopic (exact) mass is 494 g/mol. The van der Waals surface area contributed by atoms with Gasteiger partial charge in [-0.2, -0.15) is 0 Å². The summed E-state index contributed by atoms with van der Waals surface area (Å²) < 4.78 is 22.5. The number of quaternary nitrogens is 1. The highest BCUT2D eigenvalue weighted by Crippen LogP contribution is 2.43. The summed E-state index contributed by atoms with van der Waals surface area (Å²) in [6, 6.07) is 0.0617. The number of hydrogen-bond acceptors (Lipinski definition) is 8. The second kappa shape index (κ2) is 10.0. The summed E-state index contributed by atoms with van der Waals surface area (Å²) in [5, 5.41) is 33.0.